The van der Waals surface area contributed by atoms with Gasteiger partial charge >= 0.3 is 0 Å². The second kappa shape index (κ2) is 4.83. The van der Waals surface area contributed by atoms with Gasteiger partial charge in [-0.1, -0.05) is 6.07 Å². The molecule has 0 radical (unpaired) electrons. The number of hydrogen-bond donors (Lipinski definition) is 2. The molecule has 0 saturated heterocycles. The molecule has 2 rings (SSSR count). The van der Waals surface area contributed by atoms with Crippen LogP contribution in [0, 0.1) is 12.7 Å². The zero-order valence-electron chi connectivity index (χ0n) is 9.77. The summed E-state index contributed by atoms with van der Waals surface area (Å²) in [4.78, 5) is 15.9. The maximum Gasteiger partial charge on any atom is 0.259 e. The summed E-state index contributed by atoms with van der Waals surface area (Å²) in [6, 6.07) is 7.63. The molecule has 2 aromatic rings. The average Bonchev–Trinajstić information content (AvgIpc) is 2.32. The number of nitrogens with two attached hydrogens (primary N) is 1. The fraction of sp³-hybridized carbons (Fsp3) is 0.0769. The van der Waals surface area contributed by atoms with Gasteiger partial charge in [-0.15, -0.1) is 0 Å². The third-order valence-electron chi connectivity index (χ3n) is 2.45. The summed E-state index contributed by atoms with van der Waals surface area (Å²) in [5.74, 6) is -0.686. The van der Waals surface area contributed by atoms with Crippen molar-refractivity contribution in [3.05, 3.63) is 53.5 Å². The minimum absolute atomic E-state index is 0.0957. The second-order valence-corrected chi connectivity index (χ2v) is 3.87. The van der Waals surface area contributed by atoms with Crippen molar-refractivity contribution in [3.8, 4) is 0 Å². The number of halogens is 1. The molecule has 1 aromatic heterocycles. The fourth-order valence-electron chi connectivity index (χ4n) is 1.52. The van der Waals surface area contributed by atoms with E-state index in [1.807, 2.05) is 13.0 Å². The number of hydrogen-bond acceptors (Lipinski definition) is 3. The predicted molar refractivity (Wildman–Crippen MR) is 67.7 cm³/mol. The van der Waals surface area contributed by atoms with Crippen molar-refractivity contribution in [2.45, 2.75) is 6.92 Å². The van der Waals surface area contributed by atoms with Crippen LogP contribution in [-0.2, 0) is 0 Å². The van der Waals surface area contributed by atoms with Gasteiger partial charge in [0.15, 0.2) is 0 Å². The largest absolute Gasteiger partial charge is 0.396 e. The minimum Gasteiger partial charge on any atom is -0.396 e. The summed E-state index contributed by atoms with van der Waals surface area (Å²) >= 11 is 0. The first kappa shape index (κ1) is 12.0. The number of nitrogen functional groups attached to an aromatic ring is 1. The number of para-hydroxylation sites is 1. The third kappa shape index (κ3) is 2.45. The lowest BCUT2D eigenvalue weighted by molar-refractivity contribution is 0.102. The smallest absolute Gasteiger partial charge is 0.259 e. The number of anilines is 2. The van der Waals surface area contributed by atoms with Gasteiger partial charge in [-0.05, 0) is 36.8 Å². The fourth-order valence-corrected chi connectivity index (χ4v) is 1.52. The SMILES string of the molecule is Cc1ccnc(NC(=O)c2cccc(F)c2N)c1. The summed E-state index contributed by atoms with van der Waals surface area (Å²) in [5, 5.41) is 2.57. The molecule has 4 nitrogen and oxygen atoms in total. The van der Waals surface area contributed by atoms with Crippen LogP contribution >= 0.6 is 0 Å². The molecular formula is C13H12FN3O. The van der Waals surface area contributed by atoms with Gasteiger partial charge < -0.3 is 11.1 Å². The number of rotatable bonds is 2. The van der Waals surface area contributed by atoms with Crippen LogP contribution in [0.5, 0.6) is 0 Å². The van der Waals surface area contributed by atoms with Crippen LogP contribution in [0.4, 0.5) is 15.9 Å². The topological polar surface area (TPSA) is 68.0 Å². The monoisotopic (exact) mass is 245 g/mol. The number of pyridine rings is 1. The van der Waals surface area contributed by atoms with Crippen molar-refractivity contribution in [2.24, 2.45) is 0 Å². The van der Waals surface area contributed by atoms with Gasteiger partial charge in [0.25, 0.3) is 5.91 Å². The van der Waals surface area contributed by atoms with Gasteiger partial charge in [0.2, 0.25) is 0 Å². The Bertz CT molecular complexity index is 599. The van der Waals surface area contributed by atoms with Crippen molar-refractivity contribution in [3.63, 3.8) is 0 Å². The molecule has 0 atom stereocenters. The molecule has 5 heteroatoms. The number of amides is 1. The van der Waals surface area contributed by atoms with Crippen molar-refractivity contribution in [1.29, 1.82) is 0 Å². The molecule has 0 spiro atoms. The highest BCUT2D eigenvalue weighted by atomic mass is 19.1. The molecule has 1 aromatic carbocycles. The minimum atomic E-state index is -0.611. The Kier molecular flexibility index (Phi) is 3.23. The first-order valence-corrected chi connectivity index (χ1v) is 5.36. The summed E-state index contributed by atoms with van der Waals surface area (Å²) < 4.78 is 13.2. The van der Waals surface area contributed by atoms with Gasteiger partial charge in [0.1, 0.15) is 11.6 Å². The molecule has 0 unspecified atom stereocenters. The number of nitrogens with zero attached hydrogens (tertiary/aromatic N) is 1. The summed E-state index contributed by atoms with van der Waals surface area (Å²) in [5.41, 5.74) is 6.41. The summed E-state index contributed by atoms with van der Waals surface area (Å²) in [6.45, 7) is 1.88. The molecule has 1 amide bonds. The first-order valence-electron chi connectivity index (χ1n) is 5.36. The van der Waals surface area contributed by atoms with Gasteiger partial charge in [-0.2, -0.15) is 0 Å². The number of aryl methyl sites for hydroxylation is 1. The van der Waals surface area contributed by atoms with E-state index in [4.69, 9.17) is 5.73 Å². The van der Waals surface area contributed by atoms with Gasteiger partial charge in [-0.3, -0.25) is 4.79 Å². The number of carbonyl (C=O) groups excluding carboxylic acids is 1. The molecule has 0 aliphatic carbocycles. The molecule has 0 aliphatic rings. The number of benzene rings is 1. The van der Waals surface area contributed by atoms with Crippen LogP contribution in [0.2, 0.25) is 0 Å². The maximum atomic E-state index is 13.2. The van der Waals surface area contributed by atoms with E-state index in [0.717, 1.165) is 5.56 Å². The van der Waals surface area contributed by atoms with Crippen molar-refractivity contribution in [2.75, 3.05) is 11.1 Å². The lowest BCUT2D eigenvalue weighted by Crippen LogP contribution is -2.15. The Morgan fingerprint density at radius 3 is 2.89 bits per heavy atom. The van der Waals surface area contributed by atoms with E-state index in [2.05, 4.69) is 10.3 Å². The van der Waals surface area contributed by atoms with Crippen molar-refractivity contribution < 1.29 is 9.18 Å². The molecule has 0 fully saturated rings. The van der Waals surface area contributed by atoms with E-state index < -0.39 is 11.7 Å². The van der Waals surface area contributed by atoms with E-state index in [9.17, 15) is 9.18 Å². The zero-order valence-corrected chi connectivity index (χ0v) is 9.77. The molecule has 0 aliphatic heterocycles. The van der Waals surface area contributed by atoms with Crippen LogP contribution in [0.15, 0.2) is 36.5 Å². The second-order valence-electron chi connectivity index (χ2n) is 3.87. The highest BCUT2D eigenvalue weighted by molar-refractivity contribution is 6.07. The Morgan fingerprint density at radius 2 is 2.17 bits per heavy atom. The molecule has 1 heterocycles. The molecule has 0 bridgehead atoms. The van der Waals surface area contributed by atoms with Crippen LogP contribution in [0.1, 0.15) is 15.9 Å². The van der Waals surface area contributed by atoms with Crippen LogP contribution in [0.25, 0.3) is 0 Å². The zero-order chi connectivity index (χ0) is 13.1. The number of nitrogens with one attached hydrogen (secondary N) is 1. The predicted octanol–water partition coefficient (Wildman–Crippen LogP) is 2.36. The van der Waals surface area contributed by atoms with Crippen LogP contribution in [0.3, 0.4) is 0 Å². The highest BCUT2D eigenvalue weighted by Gasteiger charge is 2.13. The molecule has 18 heavy (non-hydrogen) atoms. The van der Waals surface area contributed by atoms with Gasteiger partial charge in [-0.25, -0.2) is 9.37 Å². The van der Waals surface area contributed by atoms with Crippen LogP contribution in [-0.4, -0.2) is 10.9 Å². The van der Waals surface area contributed by atoms with E-state index in [-0.39, 0.29) is 11.3 Å². The van der Waals surface area contributed by atoms with Crippen molar-refractivity contribution >= 4 is 17.4 Å². The molecule has 92 valence electrons. The summed E-state index contributed by atoms with van der Waals surface area (Å²) in [7, 11) is 0. The van der Waals surface area contributed by atoms with E-state index in [1.54, 1.807) is 12.3 Å². The third-order valence-corrected chi connectivity index (χ3v) is 2.45. The van der Waals surface area contributed by atoms with Crippen molar-refractivity contribution in [1.82, 2.24) is 4.98 Å². The Labute approximate surface area is 104 Å². The van der Waals surface area contributed by atoms with E-state index >= 15 is 0 Å². The molecule has 0 saturated carbocycles. The normalized spacial score (nSPS) is 10.1. The molecule has 3 N–H and O–H groups in total. The van der Waals surface area contributed by atoms with Crippen LogP contribution < -0.4 is 11.1 Å². The number of aromatic nitrogens is 1. The Hall–Kier alpha value is -2.43. The Morgan fingerprint density at radius 1 is 1.39 bits per heavy atom. The first-order chi connectivity index (χ1) is 8.58. The average molecular weight is 245 g/mol. The molecular weight excluding hydrogens is 233 g/mol. The number of carbonyl (C=O) groups is 1. The maximum absolute atomic E-state index is 13.2. The quantitative estimate of drug-likeness (QED) is 0.798. The van der Waals surface area contributed by atoms with Gasteiger partial charge in [0.05, 0.1) is 11.3 Å². The lowest BCUT2D eigenvalue weighted by atomic mass is 10.1. The van der Waals surface area contributed by atoms with E-state index in [1.165, 1.54) is 18.2 Å². The Balaban J connectivity index is 2.25. The standard InChI is InChI=1S/C13H12FN3O/c1-8-5-6-16-11(7-8)17-13(18)9-3-2-4-10(14)12(9)15/h2-7H,15H2,1H3,(H,16,17,18). The summed E-state index contributed by atoms with van der Waals surface area (Å²) in [6.07, 6.45) is 1.58. The highest BCUT2D eigenvalue weighted by Crippen LogP contribution is 2.17. The van der Waals surface area contributed by atoms with E-state index in [0.29, 0.717) is 5.82 Å². The lowest BCUT2D eigenvalue weighted by Gasteiger charge is -2.07. The van der Waals surface area contributed by atoms with Gasteiger partial charge in [0, 0.05) is 6.20 Å².